The second kappa shape index (κ2) is 10.9. The van der Waals surface area contributed by atoms with Gasteiger partial charge in [0.25, 0.3) is 0 Å². The quantitative estimate of drug-likeness (QED) is 0.185. The van der Waals surface area contributed by atoms with Gasteiger partial charge in [-0.05, 0) is 57.9 Å². The molecule has 187 valence electrons. The molecule has 5 aromatic rings. The minimum Gasteiger partial charge on any atom is -0.321 e. The second-order valence-corrected chi connectivity index (χ2v) is 10.0. The predicted octanol–water partition coefficient (Wildman–Crippen LogP) is 7.46. The number of pyridine rings is 3. The van der Waals surface area contributed by atoms with Crippen LogP contribution in [0.1, 0.15) is 49.9 Å². The van der Waals surface area contributed by atoms with Gasteiger partial charge >= 0.3 is 0 Å². The van der Waals surface area contributed by atoms with Gasteiger partial charge in [-0.1, -0.05) is 76.2 Å². The van der Waals surface area contributed by atoms with E-state index in [1.165, 1.54) is 22.3 Å². The molecule has 1 radical (unpaired) electrons. The van der Waals surface area contributed by atoms with E-state index in [1.807, 2.05) is 42.6 Å². The number of hydrogen-bond donors (Lipinski definition) is 0. The molecule has 0 bridgehead atoms. The Labute approximate surface area is 233 Å². The fraction of sp³-hybridized carbons (Fsp3) is 0.182. The molecule has 0 atom stereocenters. The van der Waals surface area contributed by atoms with Gasteiger partial charge in [0.05, 0.1) is 0 Å². The molecule has 0 aliphatic heterocycles. The molecule has 3 nitrogen and oxygen atoms in total. The zero-order chi connectivity index (χ0) is 25.2. The van der Waals surface area contributed by atoms with Crippen LogP contribution >= 0.6 is 0 Å². The third kappa shape index (κ3) is 5.05. The van der Waals surface area contributed by atoms with E-state index < -0.39 is 0 Å². The average Bonchev–Trinajstić information content (AvgIpc) is 2.94. The molecule has 0 saturated carbocycles. The molecule has 1 aliphatic rings. The Balaban J connectivity index is 0.000000208. The summed E-state index contributed by atoms with van der Waals surface area (Å²) in [6.45, 7) is 9.28. The number of aromatic nitrogens is 3. The Morgan fingerprint density at radius 1 is 0.595 bits per heavy atom. The van der Waals surface area contributed by atoms with Crippen LogP contribution in [0.4, 0.5) is 0 Å². The molecule has 0 amide bonds. The van der Waals surface area contributed by atoms with Crippen molar-refractivity contribution in [3.63, 3.8) is 0 Å². The molecule has 2 aromatic carbocycles. The van der Waals surface area contributed by atoms with Gasteiger partial charge in [0.1, 0.15) is 0 Å². The van der Waals surface area contributed by atoms with Crippen LogP contribution in [0.25, 0.3) is 22.5 Å². The molecule has 0 N–H and O–H groups in total. The van der Waals surface area contributed by atoms with Crippen LogP contribution < -0.4 is 0 Å². The average molecular weight is 660 g/mol. The van der Waals surface area contributed by atoms with Gasteiger partial charge in [-0.15, -0.1) is 41.0 Å². The largest absolute Gasteiger partial charge is 0.321 e. The first kappa shape index (κ1) is 26.6. The predicted molar refractivity (Wildman–Crippen MR) is 146 cm³/mol. The van der Waals surface area contributed by atoms with E-state index in [1.54, 1.807) is 18.6 Å². The Morgan fingerprint density at radius 2 is 1.22 bits per heavy atom. The van der Waals surface area contributed by atoms with E-state index in [-0.39, 0.29) is 30.9 Å². The van der Waals surface area contributed by atoms with Gasteiger partial charge in [-0.25, -0.2) is 0 Å². The maximum absolute atomic E-state index is 4.60. The smallest absolute Gasteiger partial charge is 0.0160 e. The number of benzene rings is 2. The van der Waals surface area contributed by atoms with Crippen LogP contribution in [0.2, 0.25) is 0 Å². The number of hydrogen-bond acceptors (Lipinski definition) is 3. The van der Waals surface area contributed by atoms with Crippen molar-refractivity contribution in [3.05, 3.63) is 138 Å². The van der Waals surface area contributed by atoms with E-state index in [0.29, 0.717) is 0 Å². The van der Waals surface area contributed by atoms with Crippen molar-refractivity contribution in [1.82, 2.24) is 15.0 Å². The molecule has 4 heteroatoms. The summed E-state index contributed by atoms with van der Waals surface area (Å²) >= 11 is 0. The SMILES string of the molecule is CC1(C)c2ccccc2C(C)(C)c2c(-c3ccccn3)[c-]ccc21.[Ir].[c-]1cnccc1-c1ccccn1. The number of fused-ring (bicyclic) bond motifs is 2. The van der Waals surface area contributed by atoms with E-state index in [9.17, 15) is 0 Å². The van der Waals surface area contributed by atoms with Crippen LogP contribution in [-0.2, 0) is 30.9 Å². The zero-order valence-electron chi connectivity index (χ0n) is 21.5. The molecule has 0 unspecified atom stereocenters. The van der Waals surface area contributed by atoms with Crippen molar-refractivity contribution in [1.29, 1.82) is 0 Å². The summed E-state index contributed by atoms with van der Waals surface area (Å²) in [6, 6.07) is 33.4. The summed E-state index contributed by atoms with van der Waals surface area (Å²) < 4.78 is 0. The standard InChI is InChI=1S/C23H22N.C10H7N2.Ir/c1-22(2)17-11-5-6-12-18(17)23(3,4)21-16(10-9-13-19(21)22)20-14-7-8-15-24-20;1-2-6-12-10(3-1)9-4-7-11-8-5-9;/h5-9,11-15H,1-4H3;1-4,6-8H;/q2*-1;. The van der Waals surface area contributed by atoms with Gasteiger partial charge in [-0.2, -0.15) is 11.6 Å². The third-order valence-corrected chi connectivity index (χ3v) is 7.05. The van der Waals surface area contributed by atoms with Gasteiger partial charge in [0.15, 0.2) is 0 Å². The Kier molecular flexibility index (Phi) is 7.82. The van der Waals surface area contributed by atoms with Crippen molar-refractivity contribution in [3.8, 4) is 22.5 Å². The molecule has 0 spiro atoms. The first-order valence-corrected chi connectivity index (χ1v) is 12.2. The summed E-state index contributed by atoms with van der Waals surface area (Å²) in [7, 11) is 0. The van der Waals surface area contributed by atoms with Crippen LogP contribution in [0, 0.1) is 12.1 Å². The minimum absolute atomic E-state index is 0. The van der Waals surface area contributed by atoms with Gasteiger partial charge < -0.3 is 9.97 Å². The summed E-state index contributed by atoms with van der Waals surface area (Å²) in [5.41, 5.74) is 9.48. The van der Waals surface area contributed by atoms with Crippen LogP contribution in [0.5, 0.6) is 0 Å². The van der Waals surface area contributed by atoms with Crippen molar-refractivity contribution in [2.75, 3.05) is 0 Å². The molecular weight excluding hydrogens is 631 g/mol. The van der Waals surface area contributed by atoms with Crippen LogP contribution in [0.3, 0.4) is 0 Å². The number of rotatable bonds is 2. The van der Waals surface area contributed by atoms with Gasteiger partial charge in [0.2, 0.25) is 0 Å². The maximum atomic E-state index is 4.60. The van der Waals surface area contributed by atoms with E-state index in [4.69, 9.17) is 0 Å². The molecular formula is C33H29IrN3-2. The second-order valence-electron chi connectivity index (χ2n) is 10.0. The third-order valence-electron chi connectivity index (χ3n) is 7.05. The van der Waals surface area contributed by atoms with E-state index >= 15 is 0 Å². The molecule has 6 rings (SSSR count). The first-order valence-electron chi connectivity index (χ1n) is 12.2. The first-order chi connectivity index (χ1) is 17.4. The summed E-state index contributed by atoms with van der Waals surface area (Å²) in [6.07, 6.45) is 7.01. The fourth-order valence-electron chi connectivity index (χ4n) is 5.23. The van der Waals surface area contributed by atoms with Crippen molar-refractivity contribution in [2.24, 2.45) is 0 Å². The number of nitrogens with zero attached hydrogens (tertiary/aromatic N) is 3. The molecule has 1 aliphatic carbocycles. The fourth-order valence-corrected chi connectivity index (χ4v) is 5.23. The van der Waals surface area contributed by atoms with Gasteiger partial charge in [-0.3, -0.25) is 4.98 Å². The van der Waals surface area contributed by atoms with Crippen LogP contribution in [-0.4, -0.2) is 15.0 Å². The molecule has 0 saturated heterocycles. The molecule has 0 fully saturated rings. The topological polar surface area (TPSA) is 38.7 Å². The maximum Gasteiger partial charge on any atom is 0.0160 e. The Hall–Kier alpha value is -3.46. The minimum atomic E-state index is -0.0773. The van der Waals surface area contributed by atoms with Gasteiger partial charge in [0, 0.05) is 32.5 Å². The normalized spacial score (nSPS) is 14.2. The van der Waals surface area contributed by atoms with E-state index in [0.717, 1.165) is 22.5 Å². The summed E-state index contributed by atoms with van der Waals surface area (Å²) in [5, 5.41) is 0. The molecule has 3 aromatic heterocycles. The Bertz CT molecular complexity index is 1430. The van der Waals surface area contributed by atoms with Crippen LogP contribution in [0.15, 0.2) is 104 Å². The summed E-state index contributed by atoms with van der Waals surface area (Å²) in [4.78, 5) is 12.7. The molecule has 37 heavy (non-hydrogen) atoms. The van der Waals surface area contributed by atoms with E-state index in [2.05, 4.69) is 97.2 Å². The van der Waals surface area contributed by atoms with Crippen molar-refractivity contribution < 1.29 is 20.1 Å². The summed E-state index contributed by atoms with van der Waals surface area (Å²) in [5.74, 6) is 0. The Morgan fingerprint density at radius 3 is 1.81 bits per heavy atom. The zero-order valence-corrected chi connectivity index (χ0v) is 23.9. The van der Waals surface area contributed by atoms with Crippen molar-refractivity contribution >= 4 is 0 Å². The molecule has 3 heterocycles. The van der Waals surface area contributed by atoms with Crippen molar-refractivity contribution in [2.45, 2.75) is 38.5 Å². The monoisotopic (exact) mass is 660 g/mol.